The van der Waals surface area contributed by atoms with Gasteiger partial charge in [0.1, 0.15) is 0 Å². The van der Waals surface area contributed by atoms with Crippen LogP contribution < -0.4 is 5.32 Å². The first-order valence-corrected chi connectivity index (χ1v) is 10.9. The Balaban J connectivity index is 1.60. The summed E-state index contributed by atoms with van der Waals surface area (Å²) in [5.74, 6) is 0.225. The van der Waals surface area contributed by atoms with Crippen LogP contribution in [-0.4, -0.2) is 53.5 Å². The number of nitrogens with zero attached hydrogens (tertiary/aromatic N) is 2. The molecule has 0 saturated carbocycles. The lowest BCUT2D eigenvalue weighted by Crippen LogP contribution is -2.59. The second kappa shape index (κ2) is 6.64. The molecule has 0 radical (unpaired) electrons. The molecule has 3 aliphatic heterocycles. The van der Waals surface area contributed by atoms with Gasteiger partial charge < -0.3 is 10.2 Å². The maximum atomic E-state index is 13.3. The topological polar surface area (TPSA) is 35.6 Å². The standard InChI is InChI=1S/C23H28ClN3O/c1-4-26-12-16(23(28)27-13(2)9-14(27)3)10-18-17-5-6-19(24)22-21(17)15(7-8-25-22)11-20(18)26/h5-7,10,13-14,16,20,25H,4,8-9,11-12H2,1-3H3/t13-,14?,16?,20?/m0/s1. The lowest BCUT2D eigenvalue weighted by atomic mass is 9.74. The van der Waals surface area contributed by atoms with E-state index in [1.165, 1.54) is 22.3 Å². The molecule has 5 rings (SSSR count). The highest BCUT2D eigenvalue weighted by Crippen LogP contribution is 2.49. The molecule has 1 aromatic carbocycles. The molecular formula is C23H28ClN3O. The minimum atomic E-state index is -0.0650. The van der Waals surface area contributed by atoms with Crippen molar-refractivity contribution in [1.29, 1.82) is 0 Å². The lowest BCUT2D eigenvalue weighted by Gasteiger charge is -2.49. The molecule has 1 N–H and O–H groups in total. The van der Waals surface area contributed by atoms with Crippen LogP contribution in [0.25, 0.3) is 11.1 Å². The summed E-state index contributed by atoms with van der Waals surface area (Å²) in [6.07, 6.45) is 6.68. The van der Waals surface area contributed by atoms with Crippen molar-refractivity contribution in [2.75, 3.05) is 25.0 Å². The number of carbonyl (C=O) groups excluding carboxylic acids is 1. The molecular weight excluding hydrogens is 370 g/mol. The van der Waals surface area contributed by atoms with Gasteiger partial charge in [-0.3, -0.25) is 9.69 Å². The molecule has 1 aliphatic carbocycles. The number of hydrogen-bond acceptors (Lipinski definition) is 3. The Morgan fingerprint density at radius 1 is 1.29 bits per heavy atom. The van der Waals surface area contributed by atoms with Crippen LogP contribution in [0.3, 0.4) is 0 Å². The number of amides is 1. The van der Waals surface area contributed by atoms with Gasteiger partial charge >= 0.3 is 0 Å². The third kappa shape index (κ3) is 2.57. The summed E-state index contributed by atoms with van der Waals surface area (Å²) in [4.78, 5) is 17.9. The molecule has 3 unspecified atom stereocenters. The van der Waals surface area contributed by atoms with Crippen LogP contribution in [0.1, 0.15) is 44.7 Å². The zero-order chi connectivity index (χ0) is 19.6. The Bertz CT molecular complexity index is 897. The van der Waals surface area contributed by atoms with E-state index in [9.17, 15) is 4.79 Å². The van der Waals surface area contributed by atoms with Gasteiger partial charge in [-0.25, -0.2) is 0 Å². The molecule has 4 atom stereocenters. The Morgan fingerprint density at radius 2 is 2.07 bits per heavy atom. The number of likely N-dealkylation sites (tertiary alicyclic amines) is 1. The van der Waals surface area contributed by atoms with E-state index in [1.807, 2.05) is 6.07 Å². The SMILES string of the molecule is CCN1CC(C(=O)N2C(C)C[C@@H]2C)C=C2c3ccc(Cl)c4c3C(=CCN4)CC21. The van der Waals surface area contributed by atoms with Gasteiger partial charge in [0.2, 0.25) is 5.91 Å². The van der Waals surface area contributed by atoms with Gasteiger partial charge in [0.15, 0.2) is 0 Å². The molecule has 1 saturated heterocycles. The smallest absolute Gasteiger partial charge is 0.231 e. The van der Waals surface area contributed by atoms with E-state index in [1.54, 1.807) is 0 Å². The Morgan fingerprint density at radius 3 is 2.79 bits per heavy atom. The number of carbonyl (C=O) groups is 1. The summed E-state index contributed by atoms with van der Waals surface area (Å²) < 4.78 is 0. The number of benzene rings is 1. The van der Waals surface area contributed by atoms with Crippen LogP contribution in [0, 0.1) is 5.92 Å². The van der Waals surface area contributed by atoms with E-state index in [0.29, 0.717) is 18.1 Å². The fourth-order valence-electron chi connectivity index (χ4n) is 5.70. The van der Waals surface area contributed by atoms with Crippen LogP contribution in [-0.2, 0) is 4.79 Å². The third-order valence-corrected chi connectivity index (χ3v) is 7.36. The summed E-state index contributed by atoms with van der Waals surface area (Å²) in [5.41, 5.74) is 6.24. The minimum Gasteiger partial charge on any atom is -0.380 e. The van der Waals surface area contributed by atoms with Crippen molar-refractivity contribution >= 4 is 34.3 Å². The van der Waals surface area contributed by atoms with Crippen LogP contribution >= 0.6 is 11.6 Å². The highest BCUT2D eigenvalue weighted by Gasteiger charge is 2.43. The van der Waals surface area contributed by atoms with Crippen molar-refractivity contribution < 1.29 is 4.79 Å². The molecule has 1 fully saturated rings. The van der Waals surface area contributed by atoms with Crippen molar-refractivity contribution in [3.8, 4) is 0 Å². The van der Waals surface area contributed by atoms with E-state index in [2.05, 4.69) is 54.1 Å². The average molecular weight is 398 g/mol. The van der Waals surface area contributed by atoms with Crippen LogP contribution in [0.2, 0.25) is 5.02 Å². The first-order chi connectivity index (χ1) is 13.5. The van der Waals surface area contributed by atoms with Gasteiger partial charge in [0.25, 0.3) is 0 Å². The number of halogens is 1. The number of rotatable bonds is 2. The normalized spacial score (nSPS) is 31.1. The van der Waals surface area contributed by atoms with Crippen LogP contribution in [0.15, 0.2) is 24.3 Å². The van der Waals surface area contributed by atoms with Gasteiger partial charge in [0, 0.05) is 36.8 Å². The molecule has 5 heteroatoms. The maximum Gasteiger partial charge on any atom is 0.231 e. The predicted octanol–water partition coefficient (Wildman–Crippen LogP) is 4.27. The Hall–Kier alpha value is -1.78. The van der Waals surface area contributed by atoms with Crippen molar-refractivity contribution in [3.05, 3.63) is 40.4 Å². The molecule has 4 nitrogen and oxygen atoms in total. The number of nitrogens with one attached hydrogen (secondary N) is 1. The predicted molar refractivity (Wildman–Crippen MR) is 115 cm³/mol. The minimum absolute atomic E-state index is 0.0650. The van der Waals surface area contributed by atoms with E-state index >= 15 is 0 Å². The molecule has 148 valence electrons. The second-order valence-corrected chi connectivity index (χ2v) is 9.08. The first kappa shape index (κ1) is 18.3. The zero-order valence-electron chi connectivity index (χ0n) is 16.8. The van der Waals surface area contributed by atoms with Crippen molar-refractivity contribution in [3.63, 3.8) is 0 Å². The van der Waals surface area contributed by atoms with E-state index < -0.39 is 0 Å². The van der Waals surface area contributed by atoms with E-state index in [-0.39, 0.29) is 11.8 Å². The molecule has 28 heavy (non-hydrogen) atoms. The van der Waals surface area contributed by atoms with E-state index in [4.69, 9.17) is 11.6 Å². The summed E-state index contributed by atoms with van der Waals surface area (Å²) in [6, 6.07) is 5.22. The Labute approximate surface area is 172 Å². The van der Waals surface area contributed by atoms with Gasteiger partial charge in [-0.1, -0.05) is 36.7 Å². The number of likely N-dealkylation sites (N-methyl/N-ethyl adjacent to an activating group) is 1. The molecule has 1 aromatic rings. The average Bonchev–Trinajstić information content (AvgIpc) is 2.69. The molecule has 0 spiro atoms. The molecule has 0 aromatic heterocycles. The second-order valence-electron chi connectivity index (χ2n) is 8.67. The highest BCUT2D eigenvalue weighted by molar-refractivity contribution is 6.34. The van der Waals surface area contributed by atoms with E-state index in [0.717, 1.165) is 43.2 Å². The molecule has 0 bridgehead atoms. The first-order valence-electron chi connectivity index (χ1n) is 10.5. The maximum absolute atomic E-state index is 13.3. The number of hydrogen-bond donors (Lipinski definition) is 1. The van der Waals surface area contributed by atoms with Crippen molar-refractivity contribution in [2.45, 2.75) is 51.7 Å². The monoisotopic (exact) mass is 397 g/mol. The van der Waals surface area contributed by atoms with Gasteiger partial charge in [-0.05, 0) is 56.0 Å². The van der Waals surface area contributed by atoms with Crippen molar-refractivity contribution in [1.82, 2.24) is 9.80 Å². The van der Waals surface area contributed by atoms with Crippen LogP contribution in [0.4, 0.5) is 5.69 Å². The lowest BCUT2D eigenvalue weighted by molar-refractivity contribution is -0.146. The summed E-state index contributed by atoms with van der Waals surface area (Å²) in [6.45, 7) is 9.13. The van der Waals surface area contributed by atoms with Gasteiger partial charge in [-0.2, -0.15) is 0 Å². The highest BCUT2D eigenvalue weighted by atomic mass is 35.5. The molecule has 3 heterocycles. The number of anilines is 1. The Kier molecular flexibility index (Phi) is 4.33. The zero-order valence-corrected chi connectivity index (χ0v) is 17.6. The van der Waals surface area contributed by atoms with Gasteiger partial charge in [0.05, 0.1) is 16.6 Å². The van der Waals surface area contributed by atoms with Gasteiger partial charge in [-0.15, -0.1) is 0 Å². The summed E-state index contributed by atoms with van der Waals surface area (Å²) in [5, 5.41) is 4.23. The molecule has 4 aliphatic rings. The fourth-order valence-corrected chi connectivity index (χ4v) is 5.93. The largest absolute Gasteiger partial charge is 0.380 e. The van der Waals surface area contributed by atoms with Crippen LogP contribution in [0.5, 0.6) is 0 Å². The summed E-state index contributed by atoms with van der Waals surface area (Å²) in [7, 11) is 0. The quantitative estimate of drug-likeness (QED) is 0.809. The molecule has 1 amide bonds. The van der Waals surface area contributed by atoms with Crippen molar-refractivity contribution in [2.24, 2.45) is 5.92 Å². The fraction of sp³-hybridized carbons (Fsp3) is 0.522. The number of fused-ring (bicyclic) bond motifs is 2. The summed E-state index contributed by atoms with van der Waals surface area (Å²) >= 11 is 6.49. The third-order valence-electron chi connectivity index (χ3n) is 7.05.